The van der Waals surface area contributed by atoms with Crippen molar-refractivity contribution in [3.63, 3.8) is 0 Å². The maximum absolute atomic E-state index is 11.6. The Morgan fingerprint density at radius 2 is 2.00 bits per heavy atom. The minimum Gasteiger partial charge on any atom is -0.468 e. The van der Waals surface area contributed by atoms with Crippen LogP contribution in [-0.4, -0.2) is 39.3 Å². The van der Waals surface area contributed by atoms with Crippen molar-refractivity contribution in [1.29, 1.82) is 0 Å². The van der Waals surface area contributed by atoms with Crippen molar-refractivity contribution >= 4 is 11.7 Å². The Morgan fingerprint density at radius 1 is 1.39 bits per heavy atom. The van der Waals surface area contributed by atoms with Gasteiger partial charge in [0.15, 0.2) is 0 Å². The third kappa shape index (κ3) is 4.04. The van der Waals surface area contributed by atoms with Gasteiger partial charge < -0.3 is 15.0 Å². The van der Waals surface area contributed by atoms with Crippen molar-refractivity contribution in [1.82, 2.24) is 5.32 Å². The van der Waals surface area contributed by atoms with Gasteiger partial charge in [-0.25, -0.2) is 0 Å². The van der Waals surface area contributed by atoms with Crippen LogP contribution in [0.5, 0.6) is 0 Å². The van der Waals surface area contributed by atoms with Gasteiger partial charge in [-0.1, -0.05) is 24.6 Å². The second-order valence-corrected chi connectivity index (χ2v) is 4.35. The molecular weight excluding hydrogens is 228 g/mol. The molecule has 1 N–H and O–H groups in total. The molecule has 0 aliphatic carbocycles. The van der Waals surface area contributed by atoms with Crippen molar-refractivity contribution in [2.45, 2.75) is 19.9 Å². The van der Waals surface area contributed by atoms with E-state index in [1.165, 1.54) is 12.7 Å². The van der Waals surface area contributed by atoms with Gasteiger partial charge in [0.2, 0.25) is 0 Å². The fourth-order valence-electron chi connectivity index (χ4n) is 1.79. The van der Waals surface area contributed by atoms with Crippen molar-refractivity contribution in [3.05, 3.63) is 29.8 Å². The molecule has 0 saturated heterocycles. The van der Waals surface area contributed by atoms with E-state index in [0.717, 1.165) is 12.2 Å². The first-order chi connectivity index (χ1) is 8.58. The van der Waals surface area contributed by atoms with Crippen LogP contribution in [0.3, 0.4) is 0 Å². The molecule has 0 aliphatic heterocycles. The summed E-state index contributed by atoms with van der Waals surface area (Å²) in [6.45, 7) is 5.35. The van der Waals surface area contributed by atoms with Crippen LogP contribution < -0.4 is 10.2 Å². The van der Waals surface area contributed by atoms with Crippen LogP contribution in [-0.2, 0) is 9.53 Å². The Balaban J connectivity index is 2.68. The van der Waals surface area contributed by atoms with E-state index in [-0.39, 0.29) is 12.0 Å². The van der Waals surface area contributed by atoms with Gasteiger partial charge in [0.1, 0.15) is 6.04 Å². The first kappa shape index (κ1) is 14.5. The van der Waals surface area contributed by atoms with Crippen molar-refractivity contribution in [3.8, 4) is 0 Å². The lowest BCUT2D eigenvalue weighted by molar-refractivity contribution is -0.142. The molecule has 0 fully saturated rings. The first-order valence-corrected chi connectivity index (χ1v) is 6.17. The molecule has 0 radical (unpaired) electrons. The van der Waals surface area contributed by atoms with E-state index in [0.29, 0.717) is 6.54 Å². The monoisotopic (exact) mass is 250 g/mol. The molecule has 0 saturated carbocycles. The third-order valence-electron chi connectivity index (χ3n) is 2.87. The summed E-state index contributed by atoms with van der Waals surface area (Å²) in [6, 6.07) is 7.93. The smallest absolute Gasteiger partial charge is 0.324 e. The summed E-state index contributed by atoms with van der Waals surface area (Å²) in [5.41, 5.74) is 2.32. The van der Waals surface area contributed by atoms with Crippen LogP contribution in [0, 0.1) is 6.92 Å². The predicted octanol–water partition coefficient (Wildman–Crippen LogP) is 1.58. The van der Waals surface area contributed by atoms with E-state index >= 15 is 0 Å². The molecule has 0 heterocycles. The number of carbonyl (C=O) groups excluding carboxylic acids is 1. The quantitative estimate of drug-likeness (QED) is 0.778. The molecule has 0 spiro atoms. The topological polar surface area (TPSA) is 41.6 Å². The highest BCUT2D eigenvalue weighted by Gasteiger charge is 2.19. The molecule has 18 heavy (non-hydrogen) atoms. The summed E-state index contributed by atoms with van der Waals surface area (Å²) in [7, 11) is 3.39. The molecule has 1 rings (SSSR count). The van der Waals surface area contributed by atoms with E-state index < -0.39 is 0 Å². The summed E-state index contributed by atoms with van der Waals surface area (Å²) >= 11 is 0. The lowest BCUT2D eigenvalue weighted by atomic mass is 10.2. The number of nitrogens with one attached hydrogen (secondary N) is 1. The lowest BCUT2D eigenvalue weighted by Crippen LogP contribution is -2.45. The molecule has 0 amide bonds. The summed E-state index contributed by atoms with van der Waals surface area (Å²) < 4.78 is 4.79. The number of benzene rings is 1. The zero-order valence-corrected chi connectivity index (χ0v) is 11.6. The van der Waals surface area contributed by atoms with E-state index in [9.17, 15) is 4.79 Å². The standard InChI is InChI=1S/C14H22N2O2/c1-5-15-13(14(17)18-4)10-16(3)12-8-6-11(2)7-9-12/h6-9,13,15H,5,10H2,1-4H3. The predicted molar refractivity (Wildman–Crippen MR) is 73.9 cm³/mol. The van der Waals surface area contributed by atoms with Gasteiger partial charge in [0.25, 0.3) is 0 Å². The SMILES string of the molecule is CCNC(CN(C)c1ccc(C)cc1)C(=O)OC. The van der Waals surface area contributed by atoms with Crippen LogP contribution in [0.4, 0.5) is 5.69 Å². The maximum Gasteiger partial charge on any atom is 0.324 e. The van der Waals surface area contributed by atoms with Gasteiger partial charge in [0, 0.05) is 19.3 Å². The number of hydrogen-bond donors (Lipinski definition) is 1. The van der Waals surface area contributed by atoms with Crippen molar-refractivity contribution < 1.29 is 9.53 Å². The molecule has 1 unspecified atom stereocenters. The van der Waals surface area contributed by atoms with Crippen molar-refractivity contribution in [2.75, 3.05) is 32.1 Å². The van der Waals surface area contributed by atoms with E-state index in [2.05, 4.69) is 36.5 Å². The normalized spacial score (nSPS) is 12.0. The molecule has 1 aromatic carbocycles. The van der Waals surface area contributed by atoms with E-state index in [1.807, 2.05) is 18.9 Å². The Morgan fingerprint density at radius 3 is 2.50 bits per heavy atom. The Kier molecular flexibility index (Phi) is 5.65. The number of esters is 1. The second-order valence-electron chi connectivity index (χ2n) is 4.35. The lowest BCUT2D eigenvalue weighted by Gasteiger charge is -2.24. The number of hydrogen-bond acceptors (Lipinski definition) is 4. The van der Waals surface area contributed by atoms with Gasteiger partial charge in [-0.15, -0.1) is 0 Å². The highest BCUT2D eigenvalue weighted by atomic mass is 16.5. The Bertz CT molecular complexity index is 376. The van der Waals surface area contributed by atoms with Crippen LogP contribution >= 0.6 is 0 Å². The number of likely N-dealkylation sites (N-methyl/N-ethyl adjacent to an activating group) is 2. The highest BCUT2D eigenvalue weighted by Crippen LogP contribution is 2.13. The fourth-order valence-corrected chi connectivity index (χ4v) is 1.79. The molecule has 4 nitrogen and oxygen atoms in total. The highest BCUT2D eigenvalue weighted by molar-refractivity contribution is 5.76. The largest absolute Gasteiger partial charge is 0.468 e. The maximum atomic E-state index is 11.6. The summed E-state index contributed by atoms with van der Waals surface area (Å²) in [5, 5.41) is 3.13. The van der Waals surface area contributed by atoms with Gasteiger partial charge in [-0.3, -0.25) is 4.79 Å². The third-order valence-corrected chi connectivity index (χ3v) is 2.87. The molecule has 0 bridgehead atoms. The molecule has 0 aliphatic rings. The van der Waals surface area contributed by atoms with E-state index in [1.54, 1.807) is 0 Å². The molecule has 1 aromatic rings. The van der Waals surface area contributed by atoms with Crippen LogP contribution in [0.25, 0.3) is 0 Å². The zero-order chi connectivity index (χ0) is 13.5. The summed E-state index contributed by atoms with van der Waals surface area (Å²) in [4.78, 5) is 13.7. The second kappa shape index (κ2) is 7.01. The number of rotatable bonds is 6. The summed E-state index contributed by atoms with van der Waals surface area (Å²) in [5.74, 6) is -0.226. The molecular formula is C14H22N2O2. The average molecular weight is 250 g/mol. The number of aryl methyl sites for hydroxylation is 1. The number of carbonyl (C=O) groups is 1. The Hall–Kier alpha value is -1.55. The van der Waals surface area contributed by atoms with Crippen LogP contribution in [0.1, 0.15) is 12.5 Å². The molecule has 0 aromatic heterocycles. The molecule has 4 heteroatoms. The number of methoxy groups -OCH3 is 1. The van der Waals surface area contributed by atoms with Crippen LogP contribution in [0.15, 0.2) is 24.3 Å². The van der Waals surface area contributed by atoms with E-state index in [4.69, 9.17) is 4.74 Å². The minimum atomic E-state index is -0.300. The number of ether oxygens (including phenoxy) is 1. The van der Waals surface area contributed by atoms with Crippen LogP contribution in [0.2, 0.25) is 0 Å². The summed E-state index contributed by atoms with van der Waals surface area (Å²) in [6.07, 6.45) is 0. The Labute approximate surface area is 109 Å². The first-order valence-electron chi connectivity index (χ1n) is 6.17. The van der Waals surface area contributed by atoms with Gasteiger partial charge in [-0.2, -0.15) is 0 Å². The molecule has 1 atom stereocenters. The number of anilines is 1. The van der Waals surface area contributed by atoms with Gasteiger partial charge in [0.05, 0.1) is 7.11 Å². The van der Waals surface area contributed by atoms with Crippen molar-refractivity contribution in [2.24, 2.45) is 0 Å². The average Bonchev–Trinajstić information content (AvgIpc) is 2.38. The van der Waals surface area contributed by atoms with Gasteiger partial charge in [-0.05, 0) is 25.6 Å². The molecule has 100 valence electrons. The number of nitrogens with zero attached hydrogens (tertiary/aromatic N) is 1. The zero-order valence-electron chi connectivity index (χ0n) is 11.6. The fraction of sp³-hybridized carbons (Fsp3) is 0.500. The minimum absolute atomic E-state index is 0.226. The van der Waals surface area contributed by atoms with Gasteiger partial charge >= 0.3 is 5.97 Å².